The molecule has 1 aliphatic heterocycles. The number of likely N-dealkylation sites (tertiary alicyclic amines) is 1. The van der Waals surface area contributed by atoms with Crippen molar-refractivity contribution in [2.45, 2.75) is 32.6 Å². The smallest absolute Gasteiger partial charge is 0.254 e. The van der Waals surface area contributed by atoms with Crippen molar-refractivity contribution >= 4 is 12.2 Å². The fourth-order valence-corrected chi connectivity index (χ4v) is 3.64. The number of aldehydes is 1. The van der Waals surface area contributed by atoms with Crippen molar-refractivity contribution in [2.75, 3.05) is 13.1 Å². The van der Waals surface area contributed by atoms with Crippen LogP contribution in [-0.4, -0.2) is 30.2 Å². The summed E-state index contributed by atoms with van der Waals surface area (Å²) in [7, 11) is 0. The van der Waals surface area contributed by atoms with Crippen LogP contribution in [0.3, 0.4) is 0 Å². The Morgan fingerprint density at radius 2 is 1.96 bits per heavy atom. The van der Waals surface area contributed by atoms with Gasteiger partial charge in [0.15, 0.2) is 6.29 Å². The summed E-state index contributed by atoms with van der Waals surface area (Å²) in [5, 5.41) is 0. The van der Waals surface area contributed by atoms with E-state index in [4.69, 9.17) is 0 Å². The molecule has 1 aromatic carbocycles. The molecule has 0 spiro atoms. The lowest BCUT2D eigenvalue weighted by Crippen LogP contribution is -2.39. The fraction of sp³-hybridized carbons (Fsp3) is 0.400. The zero-order chi connectivity index (χ0) is 16.2. The van der Waals surface area contributed by atoms with Crippen molar-refractivity contribution in [1.29, 1.82) is 0 Å². The lowest BCUT2D eigenvalue weighted by atomic mass is 9.83. The minimum atomic E-state index is -0.0176. The van der Waals surface area contributed by atoms with Crippen LogP contribution in [0.25, 0.3) is 0 Å². The molecule has 0 saturated carbocycles. The Morgan fingerprint density at radius 3 is 2.65 bits per heavy atom. The van der Waals surface area contributed by atoms with Crippen molar-refractivity contribution in [3.8, 4) is 0 Å². The van der Waals surface area contributed by atoms with Gasteiger partial charge >= 0.3 is 0 Å². The third-order valence-electron chi connectivity index (χ3n) is 5.02. The normalized spacial score (nSPS) is 19.1. The monoisotopic (exact) mass is 309 g/mol. The first kappa shape index (κ1) is 15.7. The number of allylic oxidation sites excluding steroid dienone is 4. The summed E-state index contributed by atoms with van der Waals surface area (Å²) in [6, 6.07) is 7.05. The maximum Gasteiger partial charge on any atom is 0.254 e. The molecule has 1 heterocycles. The highest BCUT2D eigenvalue weighted by molar-refractivity contribution is 6.01. The van der Waals surface area contributed by atoms with Crippen LogP contribution in [0, 0.1) is 5.92 Å². The Bertz CT molecular complexity index is 664. The van der Waals surface area contributed by atoms with Crippen LogP contribution in [0.1, 0.15) is 53.3 Å². The Labute approximate surface area is 137 Å². The molecule has 3 heteroatoms. The van der Waals surface area contributed by atoms with Gasteiger partial charge in [0, 0.05) is 18.7 Å². The van der Waals surface area contributed by atoms with Gasteiger partial charge < -0.3 is 4.90 Å². The number of piperidine rings is 1. The van der Waals surface area contributed by atoms with E-state index < -0.39 is 0 Å². The number of rotatable bonds is 3. The highest BCUT2D eigenvalue weighted by Gasteiger charge is 2.27. The second-order valence-electron chi connectivity index (χ2n) is 6.45. The number of benzene rings is 1. The quantitative estimate of drug-likeness (QED) is 0.791. The van der Waals surface area contributed by atoms with E-state index in [-0.39, 0.29) is 5.91 Å². The van der Waals surface area contributed by atoms with Crippen LogP contribution in [-0.2, 0) is 0 Å². The van der Waals surface area contributed by atoms with Crippen molar-refractivity contribution in [1.82, 2.24) is 4.90 Å². The SMILES string of the molecule is CC1=C(C2CCN(C(=O)c3ccccc3C=O)CC2)C=CCC1. The number of amides is 1. The van der Waals surface area contributed by atoms with Gasteiger partial charge in [0.1, 0.15) is 0 Å². The van der Waals surface area contributed by atoms with Crippen LogP contribution >= 0.6 is 0 Å². The van der Waals surface area contributed by atoms with E-state index in [0.29, 0.717) is 17.0 Å². The summed E-state index contributed by atoms with van der Waals surface area (Å²) < 4.78 is 0. The van der Waals surface area contributed by atoms with Gasteiger partial charge in [0.2, 0.25) is 0 Å². The van der Waals surface area contributed by atoms with Crippen LogP contribution in [0.2, 0.25) is 0 Å². The molecular formula is C20H23NO2. The second-order valence-corrected chi connectivity index (χ2v) is 6.45. The zero-order valence-corrected chi connectivity index (χ0v) is 13.6. The van der Waals surface area contributed by atoms with Gasteiger partial charge in [-0.3, -0.25) is 9.59 Å². The highest BCUT2D eigenvalue weighted by Crippen LogP contribution is 2.32. The molecule has 1 amide bonds. The molecule has 120 valence electrons. The summed E-state index contributed by atoms with van der Waals surface area (Å²) in [5.74, 6) is 0.549. The van der Waals surface area contributed by atoms with E-state index in [1.54, 1.807) is 18.2 Å². The summed E-state index contributed by atoms with van der Waals surface area (Å²) in [4.78, 5) is 25.7. The molecule has 3 nitrogen and oxygen atoms in total. The highest BCUT2D eigenvalue weighted by atomic mass is 16.2. The zero-order valence-electron chi connectivity index (χ0n) is 13.6. The first-order valence-electron chi connectivity index (χ1n) is 8.40. The maximum atomic E-state index is 12.7. The van der Waals surface area contributed by atoms with Gasteiger partial charge in [-0.25, -0.2) is 0 Å². The minimum absolute atomic E-state index is 0.0176. The van der Waals surface area contributed by atoms with Crippen molar-refractivity contribution in [3.63, 3.8) is 0 Å². The van der Waals surface area contributed by atoms with E-state index in [2.05, 4.69) is 19.1 Å². The van der Waals surface area contributed by atoms with Gasteiger partial charge in [0.05, 0.1) is 5.56 Å². The molecule has 0 N–H and O–H groups in total. The van der Waals surface area contributed by atoms with E-state index in [0.717, 1.165) is 45.1 Å². The Balaban J connectivity index is 1.68. The topological polar surface area (TPSA) is 37.4 Å². The van der Waals surface area contributed by atoms with Crippen LogP contribution in [0.15, 0.2) is 47.6 Å². The Morgan fingerprint density at radius 1 is 1.22 bits per heavy atom. The van der Waals surface area contributed by atoms with Gasteiger partial charge in [-0.15, -0.1) is 0 Å². The molecular weight excluding hydrogens is 286 g/mol. The molecule has 3 rings (SSSR count). The Hall–Kier alpha value is -2.16. The average Bonchev–Trinajstić information content (AvgIpc) is 2.61. The lowest BCUT2D eigenvalue weighted by molar-refractivity contribution is 0.0700. The molecule has 1 saturated heterocycles. The third-order valence-corrected chi connectivity index (χ3v) is 5.02. The second kappa shape index (κ2) is 6.95. The molecule has 1 aromatic rings. The van der Waals surface area contributed by atoms with Gasteiger partial charge in [0.25, 0.3) is 5.91 Å². The molecule has 0 bridgehead atoms. The van der Waals surface area contributed by atoms with E-state index in [1.165, 1.54) is 11.1 Å². The first-order chi connectivity index (χ1) is 11.2. The molecule has 23 heavy (non-hydrogen) atoms. The predicted molar refractivity (Wildman–Crippen MR) is 91.5 cm³/mol. The Kier molecular flexibility index (Phi) is 4.75. The largest absolute Gasteiger partial charge is 0.339 e. The number of hydrogen-bond donors (Lipinski definition) is 0. The van der Waals surface area contributed by atoms with Crippen molar-refractivity contribution < 1.29 is 9.59 Å². The number of hydrogen-bond acceptors (Lipinski definition) is 2. The predicted octanol–water partition coefficient (Wildman–Crippen LogP) is 4.02. The summed E-state index contributed by atoms with van der Waals surface area (Å²) in [6.07, 6.45) is 9.63. The molecule has 1 fully saturated rings. The molecule has 0 unspecified atom stereocenters. The van der Waals surface area contributed by atoms with Gasteiger partial charge in [-0.1, -0.05) is 35.9 Å². The molecule has 0 atom stereocenters. The van der Waals surface area contributed by atoms with Crippen LogP contribution < -0.4 is 0 Å². The summed E-state index contributed by atoms with van der Waals surface area (Å²) in [5.41, 5.74) is 3.99. The standard InChI is InChI=1S/C20H23NO2/c1-15-6-2-4-8-18(15)16-10-12-21(13-11-16)20(23)19-9-5-3-7-17(19)14-22/h3-5,7-9,14,16H,2,6,10-13H2,1H3. The molecule has 0 radical (unpaired) electrons. The molecule has 1 aliphatic carbocycles. The first-order valence-corrected chi connectivity index (χ1v) is 8.40. The van der Waals surface area contributed by atoms with Crippen LogP contribution in [0.5, 0.6) is 0 Å². The molecule has 2 aliphatic rings. The number of carbonyl (C=O) groups excluding carboxylic acids is 2. The summed E-state index contributed by atoms with van der Waals surface area (Å²) >= 11 is 0. The maximum absolute atomic E-state index is 12.7. The van der Waals surface area contributed by atoms with E-state index in [9.17, 15) is 9.59 Å². The number of nitrogens with zero attached hydrogens (tertiary/aromatic N) is 1. The average molecular weight is 309 g/mol. The van der Waals surface area contributed by atoms with Gasteiger partial charge in [-0.05, 0) is 50.2 Å². The number of carbonyl (C=O) groups is 2. The van der Waals surface area contributed by atoms with Crippen molar-refractivity contribution in [2.24, 2.45) is 5.92 Å². The van der Waals surface area contributed by atoms with Gasteiger partial charge in [-0.2, -0.15) is 0 Å². The van der Waals surface area contributed by atoms with E-state index >= 15 is 0 Å². The lowest BCUT2D eigenvalue weighted by Gasteiger charge is -2.34. The summed E-state index contributed by atoms with van der Waals surface area (Å²) in [6.45, 7) is 3.76. The van der Waals surface area contributed by atoms with Crippen LogP contribution in [0.4, 0.5) is 0 Å². The van der Waals surface area contributed by atoms with E-state index in [1.807, 2.05) is 11.0 Å². The third kappa shape index (κ3) is 3.29. The minimum Gasteiger partial charge on any atom is -0.339 e. The van der Waals surface area contributed by atoms with Crippen molar-refractivity contribution in [3.05, 3.63) is 58.7 Å². The fourth-order valence-electron chi connectivity index (χ4n) is 3.64. The molecule has 0 aromatic heterocycles.